The van der Waals surface area contributed by atoms with Crippen LogP contribution in [0.25, 0.3) is 0 Å². The molecule has 1 N–H and O–H groups in total. The number of nitrogens with zero attached hydrogens (tertiary/aromatic N) is 2. The van der Waals surface area contributed by atoms with Gasteiger partial charge in [-0.05, 0) is 68.7 Å². The van der Waals surface area contributed by atoms with Gasteiger partial charge in [-0.3, -0.25) is 13.9 Å². The minimum absolute atomic E-state index is 0.0771. The van der Waals surface area contributed by atoms with Crippen LogP contribution in [-0.4, -0.2) is 65.1 Å². The molecule has 0 aliphatic heterocycles. The number of carbonyl (C=O) groups is 2. The second-order valence-corrected chi connectivity index (χ2v) is 12.3. The first kappa shape index (κ1) is 34.2. The zero-order chi connectivity index (χ0) is 32.4. The number of aryl methyl sites for hydroxylation is 1. The molecule has 11 heteroatoms. The van der Waals surface area contributed by atoms with E-state index >= 15 is 0 Å². The summed E-state index contributed by atoms with van der Waals surface area (Å²) in [5.41, 5.74) is 2.00. The fraction of sp³-hybridized carbons (Fsp3) is 0.394. The topological polar surface area (TPSA) is 114 Å². The number of ether oxygens (including phenoxy) is 3. The fourth-order valence-corrected chi connectivity index (χ4v) is 6.06. The summed E-state index contributed by atoms with van der Waals surface area (Å²) in [6, 6.07) is 17.4. The molecular weight excluding hydrogens is 582 g/mol. The van der Waals surface area contributed by atoms with Gasteiger partial charge in [-0.15, -0.1) is 0 Å². The maximum absolute atomic E-state index is 14.3. The predicted octanol–water partition coefficient (Wildman–Crippen LogP) is 4.94. The summed E-state index contributed by atoms with van der Waals surface area (Å²) in [5, 5.41) is 2.98. The number of anilines is 1. The van der Waals surface area contributed by atoms with Crippen LogP contribution in [0.15, 0.2) is 71.6 Å². The van der Waals surface area contributed by atoms with Crippen LogP contribution in [0.3, 0.4) is 0 Å². The lowest BCUT2D eigenvalue weighted by Gasteiger charge is -2.33. The lowest BCUT2D eigenvalue weighted by molar-refractivity contribution is -0.140. The van der Waals surface area contributed by atoms with Crippen molar-refractivity contribution in [2.75, 3.05) is 32.2 Å². The quantitative estimate of drug-likeness (QED) is 0.255. The van der Waals surface area contributed by atoms with Gasteiger partial charge in [-0.25, -0.2) is 8.42 Å². The zero-order valence-electron chi connectivity index (χ0n) is 26.5. The van der Waals surface area contributed by atoms with Crippen LogP contribution in [0, 0.1) is 6.92 Å². The van der Waals surface area contributed by atoms with E-state index in [9.17, 15) is 18.0 Å². The molecule has 2 amide bonds. The average Bonchev–Trinajstić information content (AvgIpc) is 3.03. The fourth-order valence-electron chi connectivity index (χ4n) is 4.63. The van der Waals surface area contributed by atoms with Gasteiger partial charge in [0.25, 0.3) is 10.0 Å². The number of nitrogens with one attached hydrogen (secondary N) is 1. The Kier molecular flexibility index (Phi) is 12.0. The van der Waals surface area contributed by atoms with Gasteiger partial charge in [-0.1, -0.05) is 43.7 Å². The highest BCUT2D eigenvalue weighted by Crippen LogP contribution is 2.32. The number of sulfonamides is 1. The molecule has 3 rings (SSSR count). The van der Waals surface area contributed by atoms with E-state index in [2.05, 4.69) is 5.32 Å². The smallest absolute Gasteiger partial charge is 0.264 e. The molecular formula is C33H43N3O7S. The van der Waals surface area contributed by atoms with E-state index in [4.69, 9.17) is 14.2 Å². The Bertz CT molecular complexity index is 1510. The molecule has 0 unspecified atom stereocenters. The van der Waals surface area contributed by atoms with Gasteiger partial charge in [0.1, 0.15) is 18.3 Å². The monoisotopic (exact) mass is 625 g/mol. The number of hydrogen-bond acceptors (Lipinski definition) is 7. The molecule has 2 atom stereocenters. The third kappa shape index (κ3) is 8.22. The normalized spacial score (nSPS) is 12.5. The Morgan fingerprint density at radius 1 is 0.841 bits per heavy atom. The number of methoxy groups -OCH3 is 3. The average molecular weight is 626 g/mol. The lowest BCUT2D eigenvalue weighted by Crippen LogP contribution is -2.53. The van der Waals surface area contributed by atoms with Crippen molar-refractivity contribution in [2.45, 2.75) is 64.1 Å². The summed E-state index contributed by atoms with van der Waals surface area (Å²) >= 11 is 0. The summed E-state index contributed by atoms with van der Waals surface area (Å²) in [4.78, 5) is 29.1. The summed E-state index contributed by atoms with van der Waals surface area (Å²) in [7, 11) is 0.167. The second kappa shape index (κ2) is 15.5. The lowest BCUT2D eigenvalue weighted by atomic mass is 10.1. The Morgan fingerprint density at radius 3 is 2.02 bits per heavy atom. The molecule has 238 valence electrons. The Labute approximate surface area is 261 Å². The Hall–Kier alpha value is -4.25. The molecule has 0 heterocycles. The van der Waals surface area contributed by atoms with Crippen LogP contribution in [0.4, 0.5) is 5.69 Å². The minimum atomic E-state index is -4.28. The summed E-state index contributed by atoms with van der Waals surface area (Å²) in [6.07, 6.45) is 1.05. The zero-order valence-corrected chi connectivity index (χ0v) is 27.3. The number of hydrogen-bond donors (Lipinski definition) is 1. The first-order chi connectivity index (χ1) is 21.0. The molecule has 0 aliphatic carbocycles. The van der Waals surface area contributed by atoms with E-state index in [1.54, 1.807) is 43.5 Å². The molecule has 0 saturated heterocycles. The molecule has 44 heavy (non-hydrogen) atoms. The van der Waals surface area contributed by atoms with Gasteiger partial charge in [0, 0.05) is 18.7 Å². The summed E-state index contributed by atoms with van der Waals surface area (Å²) in [6.45, 7) is 7.13. The number of benzene rings is 3. The summed E-state index contributed by atoms with van der Waals surface area (Å²) < 4.78 is 45.4. The molecule has 0 bridgehead atoms. The van der Waals surface area contributed by atoms with Crippen LogP contribution < -0.4 is 23.8 Å². The van der Waals surface area contributed by atoms with Crippen LogP contribution in [0.5, 0.6) is 17.2 Å². The molecule has 0 saturated carbocycles. The van der Waals surface area contributed by atoms with Gasteiger partial charge in [0.15, 0.2) is 11.5 Å². The van der Waals surface area contributed by atoms with Crippen molar-refractivity contribution < 1.29 is 32.2 Å². The van der Waals surface area contributed by atoms with Gasteiger partial charge < -0.3 is 24.4 Å². The molecule has 0 fully saturated rings. The third-order valence-corrected chi connectivity index (χ3v) is 9.21. The molecule has 3 aromatic rings. The Morgan fingerprint density at radius 2 is 1.48 bits per heavy atom. The van der Waals surface area contributed by atoms with Gasteiger partial charge in [0.05, 0.1) is 31.9 Å². The maximum atomic E-state index is 14.3. The molecule has 0 aliphatic rings. The van der Waals surface area contributed by atoms with E-state index < -0.39 is 28.5 Å². The van der Waals surface area contributed by atoms with E-state index in [0.29, 0.717) is 23.6 Å². The van der Waals surface area contributed by atoms with Crippen LogP contribution >= 0.6 is 0 Å². The van der Waals surface area contributed by atoms with Crippen molar-refractivity contribution in [1.29, 1.82) is 0 Å². The van der Waals surface area contributed by atoms with Crippen LogP contribution in [0.2, 0.25) is 0 Å². The SMILES string of the molecule is CC[C@H](C)NC(=O)[C@H](CC)N(Cc1ccc(OC)cc1)C(=O)CN(c1ccc(C)cc1)S(=O)(=O)c1ccc(OC)c(OC)c1. The molecule has 0 aromatic heterocycles. The molecule has 0 radical (unpaired) electrons. The van der Waals surface area contributed by atoms with Crippen molar-refractivity contribution in [1.82, 2.24) is 10.2 Å². The molecule has 0 spiro atoms. The molecule has 10 nitrogen and oxygen atoms in total. The predicted molar refractivity (Wildman–Crippen MR) is 171 cm³/mol. The van der Waals surface area contributed by atoms with Crippen molar-refractivity contribution in [3.63, 3.8) is 0 Å². The Balaban J connectivity index is 2.09. The van der Waals surface area contributed by atoms with Gasteiger partial charge in [-0.2, -0.15) is 0 Å². The third-order valence-electron chi connectivity index (χ3n) is 7.44. The largest absolute Gasteiger partial charge is 0.497 e. The molecule has 3 aromatic carbocycles. The van der Waals surface area contributed by atoms with Crippen LogP contribution in [0.1, 0.15) is 44.7 Å². The minimum Gasteiger partial charge on any atom is -0.497 e. The van der Waals surface area contributed by atoms with Crippen LogP contribution in [-0.2, 0) is 26.2 Å². The van der Waals surface area contributed by atoms with Crippen molar-refractivity contribution in [3.8, 4) is 17.2 Å². The highest BCUT2D eigenvalue weighted by Gasteiger charge is 2.34. The first-order valence-electron chi connectivity index (χ1n) is 14.5. The van der Waals surface area contributed by atoms with E-state index in [-0.39, 0.29) is 29.1 Å². The van der Waals surface area contributed by atoms with Gasteiger partial charge >= 0.3 is 0 Å². The highest BCUT2D eigenvalue weighted by molar-refractivity contribution is 7.92. The maximum Gasteiger partial charge on any atom is 0.264 e. The van der Waals surface area contributed by atoms with Crippen molar-refractivity contribution >= 4 is 27.5 Å². The summed E-state index contributed by atoms with van der Waals surface area (Å²) in [5.74, 6) is 0.426. The standard InChI is InChI=1S/C33H43N3O7S/c1-8-24(4)34-33(38)29(9-2)35(21-25-12-16-27(41-5)17-13-25)32(37)22-36(26-14-10-23(3)11-15-26)44(39,40)28-18-19-30(42-6)31(20-28)43-7/h10-20,24,29H,8-9,21-22H2,1-7H3,(H,34,38)/t24-,29-/m0/s1. The highest BCUT2D eigenvalue weighted by atomic mass is 32.2. The first-order valence-corrected chi connectivity index (χ1v) is 16.0. The van der Waals surface area contributed by atoms with Crippen molar-refractivity contribution in [2.24, 2.45) is 0 Å². The van der Waals surface area contributed by atoms with Gasteiger partial charge in [0.2, 0.25) is 11.8 Å². The number of rotatable bonds is 15. The number of amides is 2. The van der Waals surface area contributed by atoms with Crippen molar-refractivity contribution in [3.05, 3.63) is 77.9 Å². The van der Waals surface area contributed by atoms with E-state index in [1.807, 2.05) is 39.8 Å². The van der Waals surface area contributed by atoms with E-state index in [1.165, 1.54) is 37.3 Å². The van der Waals surface area contributed by atoms with E-state index in [0.717, 1.165) is 21.9 Å². The second-order valence-electron chi connectivity index (χ2n) is 10.5. The number of carbonyl (C=O) groups excluding carboxylic acids is 2.